The number of nitrogens with one attached hydrogen (secondary N) is 1. The number of aliphatic hydroxyl groups excluding tert-OH is 2. The van der Waals surface area contributed by atoms with Crippen LogP contribution in [0.15, 0.2) is 43.0 Å². The SMILES string of the molecule is CC(CO)(CO)NCc1ccc(-n2ccnc2)cc1. The van der Waals surface area contributed by atoms with Gasteiger partial charge in [-0.1, -0.05) is 12.1 Å². The predicted octanol–water partition coefficient (Wildman–Crippen LogP) is 0.705. The van der Waals surface area contributed by atoms with Crippen molar-refractivity contribution in [2.75, 3.05) is 13.2 Å². The molecule has 19 heavy (non-hydrogen) atoms. The Bertz CT molecular complexity index is 490. The Hall–Kier alpha value is -1.69. The van der Waals surface area contributed by atoms with E-state index in [0.717, 1.165) is 11.3 Å². The number of benzene rings is 1. The molecule has 3 N–H and O–H groups in total. The van der Waals surface area contributed by atoms with E-state index in [1.807, 2.05) is 35.0 Å². The molecule has 1 aromatic carbocycles. The smallest absolute Gasteiger partial charge is 0.0991 e. The summed E-state index contributed by atoms with van der Waals surface area (Å²) < 4.78 is 1.93. The summed E-state index contributed by atoms with van der Waals surface area (Å²) in [6.07, 6.45) is 5.38. The van der Waals surface area contributed by atoms with E-state index in [0.29, 0.717) is 6.54 Å². The Kier molecular flexibility index (Phi) is 4.31. The molecule has 0 saturated heterocycles. The Balaban J connectivity index is 2.00. The molecule has 2 aromatic rings. The van der Waals surface area contributed by atoms with Crippen molar-refractivity contribution in [3.05, 3.63) is 48.5 Å². The fraction of sp³-hybridized carbons (Fsp3) is 0.357. The first-order valence-corrected chi connectivity index (χ1v) is 6.21. The first kappa shape index (κ1) is 13.7. The molecule has 0 fully saturated rings. The van der Waals surface area contributed by atoms with Crippen molar-refractivity contribution in [1.29, 1.82) is 0 Å². The maximum absolute atomic E-state index is 9.20. The molecular formula is C14H19N3O2. The lowest BCUT2D eigenvalue weighted by molar-refractivity contribution is 0.103. The first-order valence-electron chi connectivity index (χ1n) is 6.21. The second-order valence-electron chi connectivity index (χ2n) is 4.87. The fourth-order valence-corrected chi connectivity index (χ4v) is 1.68. The van der Waals surface area contributed by atoms with Crippen LogP contribution in [0, 0.1) is 0 Å². The van der Waals surface area contributed by atoms with Gasteiger partial charge in [-0.15, -0.1) is 0 Å². The molecule has 0 atom stereocenters. The van der Waals surface area contributed by atoms with Gasteiger partial charge in [0.05, 0.1) is 25.1 Å². The lowest BCUT2D eigenvalue weighted by Crippen LogP contribution is -2.48. The highest BCUT2D eigenvalue weighted by Crippen LogP contribution is 2.10. The van der Waals surface area contributed by atoms with Crippen LogP contribution < -0.4 is 5.32 Å². The summed E-state index contributed by atoms with van der Waals surface area (Å²) in [5, 5.41) is 21.5. The molecule has 0 aliphatic rings. The van der Waals surface area contributed by atoms with Gasteiger partial charge in [0, 0.05) is 24.6 Å². The Morgan fingerprint density at radius 3 is 2.42 bits per heavy atom. The van der Waals surface area contributed by atoms with E-state index >= 15 is 0 Å². The molecule has 0 radical (unpaired) electrons. The summed E-state index contributed by atoms with van der Waals surface area (Å²) in [4.78, 5) is 4.01. The van der Waals surface area contributed by atoms with Gasteiger partial charge in [-0.2, -0.15) is 0 Å². The zero-order valence-corrected chi connectivity index (χ0v) is 11.0. The topological polar surface area (TPSA) is 70.3 Å². The average molecular weight is 261 g/mol. The summed E-state index contributed by atoms with van der Waals surface area (Å²) in [6.45, 7) is 2.18. The van der Waals surface area contributed by atoms with Crippen LogP contribution in [-0.2, 0) is 6.54 Å². The van der Waals surface area contributed by atoms with Crippen LogP contribution in [0.2, 0.25) is 0 Å². The summed E-state index contributed by atoms with van der Waals surface area (Å²) in [5.41, 5.74) is 1.49. The van der Waals surface area contributed by atoms with Crippen LogP contribution in [0.3, 0.4) is 0 Å². The van der Waals surface area contributed by atoms with Gasteiger partial charge in [0.25, 0.3) is 0 Å². The molecule has 1 aromatic heterocycles. The van der Waals surface area contributed by atoms with Crippen molar-refractivity contribution in [3.8, 4) is 5.69 Å². The predicted molar refractivity (Wildman–Crippen MR) is 73.0 cm³/mol. The van der Waals surface area contributed by atoms with Gasteiger partial charge in [-0.05, 0) is 24.6 Å². The van der Waals surface area contributed by atoms with Gasteiger partial charge in [-0.25, -0.2) is 4.98 Å². The normalized spacial score (nSPS) is 11.7. The van der Waals surface area contributed by atoms with Crippen molar-refractivity contribution in [1.82, 2.24) is 14.9 Å². The highest BCUT2D eigenvalue weighted by atomic mass is 16.3. The van der Waals surface area contributed by atoms with Crippen LogP contribution >= 0.6 is 0 Å². The van der Waals surface area contributed by atoms with Gasteiger partial charge >= 0.3 is 0 Å². The van der Waals surface area contributed by atoms with Crippen LogP contribution in [0.1, 0.15) is 12.5 Å². The van der Waals surface area contributed by atoms with E-state index in [2.05, 4.69) is 10.3 Å². The molecule has 0 saturated carbocycles. The zero-order valence-electron chi connectivity index (χ0n) is 11.0. The third-order valence-electron chi connectivity index (χ3n) is 3.16. The molecule has 2 rings (SSSR count). The molecule has 0 aliphatic heterocycles. The van der Waals surface area contributed by atoms with E-state index in [1.54, 1.807) is 19.4 Å². The monoisotopic (exact) mass is 261 g/mol. The molecule has 0 amide bonds. The summed E-state index contributed by atoms with van der Waals surface area (Å²) in [7, 11) is 0. The molecule has 0 spiro atoms. The Labute approximate surface area is 112 Å². The highest BCUT2D eigenvalue weighted by Gasteiger charge is 2.20. The maximum atomic E-state index is 9.20. The number of hydrogen-bond acceptors (Lipinski definition) is 4. The lowest BCUT2D eigenvalue weighted by atomic mass is 10.0. The van der Waals surface area contributed by atoms with E-state index in [9.17, 15) is 10.2 Å². The number of hydrogen-bond donors (Lipinski definition) is 3. The largest absolute Gasteiger partial charge is 0.394 e. The molecule has 0 aliphatic carbocycles. The highest BCUT2D eigenvalue weighted by molar-refractivity contribution is 5.34. The van der Waals surface area contributed by atoms with Crippen molar-refractivity contribution >= 4 is 0 Å². The zero-order chi connectivity index (χ0) is 13.7. The molecule has 102 valence electrons. The number of rotatable bonds is 6. The molecular weight excluding hydrogens is 242 g/mol. The number of imidazole rings is 1. The minimum atomic E-state index is -0.650. The van der Waals surface area contributed by atoms with Gasteiger partial charge < -0.3 is 20.1 Å². The van der Waals surface area contributed by atoms with E-state index < -0.39 is 5.54 Å². The average Bonchev–Trinajstić information content (AvgIpc) is 2.99. The van der Waals surface area contributed by atoms with Gasteiger partial charge in [-0.3, -0.25) is 0 Å². The van der Waals surface area contributed by atoms with E-state index in [1.165, 1.54) is 0 Å². The fourth-order valence-electron chi connectivity index (χ4n) is 1.68. The Morgan fingerprint density at radius 2 is 1.89 bits per heavy atom. The summed E-state index contributed by atoms with van der Waals surface area (Å²) in [6, 6.07) is 8.04. The summed E-state index contributed by atoms with van der Waals surface area (Å²) >= 11 is 0. The number of aromatic nitrogens is 2. The second kappa shape index (κ2) is 5.97. The third kappa shape index (κ3) is 3.41. The lowest BCUT2D eigenvalue weighted by Gasteiger charge is -2.26. The van der Waals surface area contributed by atoms with Gasteiger partial charge in [0.1, 0.15) is 0 Å². The second-order valence-corrected chi connectivity index (χ2v) is 4.87. The van der Waals surface area contributed by atoms with Crippen molar-refractivity contribution in [2.45, 2.75) is 19.0 Å². The third-order valence-corrected chi connectivity index (χ3v) is 3.16. The number of aliphatic hydroxyl groups is 2. The van der Waals surface area contributed by atoms with Crippen LogP contribution in [0.25, 0.3) is 5.69 Å². The van der Waals surface area contributed by atoms with Gasteiger partial charge in [0.15, 0.2) is 0 Å². The van der Waals surface area contributed by atoms with Crippen molar-refractivity contribution < 1.29 is 10.2 Å². The summed E-state index contributed by atoms with van der Waals surface area (Å²) in [5.74, 6) is 0. The standard InChI is InChI=1S/C14H19N3O2/c1-14(9-18,10-19)16-8-12-2-4-13(5-3-12)17-7-6-15-11-17/h2-7,11,16,18-19H,8-10H2,1H3. The van der Waals surface area contributed by atoms with E-state index in [4.69, 9.17) is 0 Å². The number of nitrogens with zero attached hydrogens (tertiary/aromatic N) is 2. The van der Waals surface area contributed by atoms with E-state index in [-0.39, 0.29) is 13.2 Å². The minimum Gasteiger partial charge on any atom is -0.394 e. The minimum absolute atomic E-state index is 0.101. The quantitative estimate of drug-likeness (QED) is 0.716. The van der Waals surface area contributed by atoms with Crippen molar-refractivity contribution in [2.24, 2.45) is 0 Å². The van der Waals surface area contributed by atoms with Crippen LogP contribution in [0.5, 0.6) is 0 Å². The molecule has 0 unspecified atom stereocenters. The molecule has 5 heteroatoms. The molecule has 5 nitrogen and oxygen atoms in total. The molecule has 1 heterocycles. The first-order chi connectivity index (χ1) is 9.17. The van der Waals surface area contributed by atoms with Crippen molar-refractivity contribution in [3.63, 3.8) is 0 Å². The molecule has 0 bridgehead atoms. The Morgan fingerprint density at radius 1 is 1.21 bits per heavy atom. The van der Waals surface area contributed by atoms with Crippen LogP contribution in [-0.4, -0.2) is 38.5 Å². The van der Waals surface area contributed by atoms with Crippen LogP contribution in [0.4, 0.5) is 0 Å². The van der Waals surface area contributed by atoms with Gasteiger partial charge in [0.2, 0.25) is 0 Å². The maximum Gasteiger partial charge on any atom is 0.0991 e.